The van der Waals surface area contributed by atoms with Crippen LogP contribution in [-0.4, -0.2) is 36.7 Å². The molecule has 25 heavy (non-hydrogen) atoms. The third-order valence-electron chi connectivity index (χ3n) is 2.99. The number of rotatable bonds is 6. The van der Waals surface area contributed by atoms with Gasteiger partial charge in [0.05, 0.1) is 0 Å². The second kappa shape index (κ2) is 9.05. The molecule has 0 saturated carbocycles. The summed E-state index contributed by atoms with van der Waals surface area (Å²) in [5, 5.41) is 4.65. The molecular weight excluding hydrogens is 324 g/mol. The van der Waals surface area contributed by atoms with Gasteiger partial charge in [0, 0.05) is 5.54 Å². The second-order valence-electron chi connectivity index (χ2n) is 6.89. The summed E-state index contributed by atoms with van der Waals surface area (Å²) in [5.74, 6) is -0.551. The van der Waals surface area contributed by atoms with Crippen molar-refractivity contribution in [3.8, 4) is 5.75 Å². The Balaban J connectivity index is 2.38. The Labute approximate surface area is 148 Å². The number of benzene rings is 1. The van der Waals surface area contributed by atoms with E-state index in [0.717, 1.165) is 5.56 Å². The minimum atomic E-state index is -0.710. The molecule has 0 aromatic heterocycles. The fraction of sp³-hybridized carbons (Fsp3) is 0.500. The molecule has 1 aromatic carbocycles. The molecule has 0 radical (unpaired) electrons. The molecule has 2 N–H and O–H groups in total. The van der Waals surface area contributed by atoms with Crippen LogP contribution in [-0.2, 0) is 14.3 Å². The van der Waals surface area contributed by atoms with Gasteiger partial charge >= 0.3 is 12.0 Å². The van der Waals surface area contributed by atoms with Crippen molar-refractivity contribution < 1.29 is 23.9 Å². The summed E-state index contributed by atoms with van der Waals surface area (Å²) in [4.78, 5) is 34.8. The Morgan fingerprint density at radius 3 is 2.32 bits per heavy atom. The third-order valence-corrected chi connectivity index (χ3v) is 2.99. The van der Waals surface area contributed by atoms with E-state index in [-0.39, 0.29) is 12.5 Å². The van der Waals surface area contributed by atoms with Crippen LogP contribution >= 0.6 is 0 Å². The lowest BCUT2D eigenvalue weighted by Gasteiger charge is -2.20. The Hall–Kier alpha value is -2.57. The summed E-state index contributed by atoms with van der Waals surface area (Å²) in [7, 11) is 0. The van der Waals surface area contributed by atoms with E-state index in [1.807, 2.05) is 32.0 Å². The highest BCUT2D eigenvalue weighted by atomic mass is 16.6. The second-order valence-corrected chi connectivity index (χ2v) is 6.89. The largest absolute Gasteiger partial charge is 0.482 e. The molecule has 1 rings (SSSR count). The highest BCUT2D eigenvalue weighted by Gasteiger charge is 2.17. The zero-order valence-corrected chi connectivity index (χ0v) is 15.3. The first-order valence-corrected chi connectivity index (χ1v) is 8.08. The summed E-state index contributed by atoms with van der Waals surface area (Å²) in [5.41, 5.74) is 0.505. The number of nitrogens with one attached hydrogen (secondary N) is 2. The Morgan fingerprint density at radius 1 is 1.08 bits per heavy atom. The first-order chi connectivity index (χ1) is 11.6. The summed E-state index contributed by atoms with van der Waals surface area (Å²) in [6.45, 7) is 8.52. The Bertz CT molecular complexity index is 620. The minimum Gasteiger partial charge on any atom is -0.482 e. The van der Waals surface area contributed by atoms with Gasteiger partial charge < -0.3 is 14.8 Å². The van der Waals surface area contributed by atoms with Gasteiger partial charge in [0.15, 0.2) is 13.2 Å². The molecule has 138 valence electrons. The van der Waals surface area contributed by atoms with Crippen molar-refractivity contribution in [3.05, 3.63) is 29.8 Å². The number of hydrogen-bond donors (Lipinski definition) is 2. The number of para-hydroxylation sites is 1. The molecule has 0 aliphatic rings. The van der Waals surface area contributed by atoms with E-state index < -0.39 is 30.1 Å². The van der Waals surface area contributed by atoms with E-state index in [1.54, 1.807) is 26.8 Å². The molecule has 0 heterocycles. The quantitative estimate of drug-likeness (QED) is 0.768. The molecular formula is C18H26N2O5. The van der Waals surface area contributed by atoms with Crippen LogP contribution in [0.1, 0.15) is 46.1 Å². The zero-order valence-electron chi connectivity index (χ0n) is 15.3. The van der Waals surface area contributed by atoms with Crippen LogP contribution in [0, 0.1) is 0 Å². The molecule has 1 aromatic rings. The van der Waals surface area contributed by atoms with Gasteiger partial charge in [-0.15, -0.1) is 0 Å². The highest BCUT2D eigenvalue weighted by molar-refractivity contribution is 5.95. The van der Waals surface area contributed by atoms with E-state index >= 15 is 0 Å². The molecule has 3 amide bonds. The number of amides is 3. The average Bonchev–Trinajstić information content (AvgIpc) is 2.49. The van der Waals surface area contributed by atoms with Gasteiger partial charge in [-0.25, -0.2) is 9.59 Å². The van der Waals surface area contributed by atoms with Crippen LogP contribution in [0.5, 0.6) is 5.75 Å². The first-order valence-electron chi connectivity index (χ1n) is 8.08. The van der Waals surface area contributed by atoms with E-state index in [4.69, 9.17) is 9.47 Å². The smallest absolute Gasteiger partial charge is 0.344 e. The van der Waals surface area contributed by atoms with Gasteiger partial charge in [-0.3, -0.25) is 10.1 Å². The number of urea groups is 1. The maximum absolute atomic E-state index is 11.7. The van der Waals surface area contributed by atoms with Crippen molar-refractivity contribution in [3.63, 3.8) is 0 Å². The summed E-state index contributed by atoms with van der Waals surface area (Å²) in [6, 6.07) is 6.76. The van der Waals surface area contributed by atoms with E-state index in [9.17, 15) is 14.4 Å². The van der Waals surface area contributed by atoms with Crippen molar-refractivity contribution in [2.45, 2.75) is 46.1 Å². The van der Waals surface area contributed by atoms with Gasteiger partial charge in [0.1, 0.15) is 5.75 Å². The average molecular weight is 350 g/mol. The van der Waals surface area contributed by atoms with Gasteiger partial charge in [-0.1, -0.05) is 32.0 Å². The van der Waals surface area contributed by atoms with Crippen LogP contribution in [0.15, 0.2) is 24.3 Å². The van der Waals surface area contributed by atoms with Crippen LogP contribution in [0.4, 0.5) is 4.79 Å². The standard InChI is InChI=1S/C18H26N2O5/c1-12(2)13-8-6-7-9-14(13)24-11-16(22)25-10-15(21)19-17(23)20-18(3,4)5/h6-9,12H,10-11H2,1-5H3,(H2,19,20,21,23). The molecule has 0 unspecified atom stereocenters. The van der Waals surface area contributed by atoms with Crippen LogP contribution in [0.2, 0.25) is 0 Å². The lowest BCUT2D eigenvalue weighted by atomic mass is 10.0. The molecule has 0 spiro atoms. The summed E-state index contributed by atoms with van der Waals surface area (Å²) < 4.78 is 10.3. The first kappa shape index (κ1) is 20.5. The maximum Gasteiger partial charge on any atom is 0.344 e. The minimum absolute atomic E-state index is 0.249. The number of ether oxygens (including phenoxy) is 2. The molecule has 0 atom stereocenters. The van der Waals surface area contributed by atoms with Gasteiger partial charge in [-0.2, -0.15) is 0 Å². The molecule has 0 fully saturated rings. The Morgan fingerprint density at radius 2 is 1.72 bits per heavy atom. The monoisotopic (exact) mass is 350 g/mol. The predicted molar refractivity (Wildman–Crippen MR) is 93.4 cm³/mol. The molecule has 7 heteroatoms. The lowest BCUT2D eigenvalue weighted by molar-refractivity contribution is -0.150. The molecule has 0 bridgehead atoms. The fourth-order valence-corrected chi connectivity index (χ4v) is 1.95. The normalized spacial score (nSPS) is 11.0. The van der Waals surface area contributed by atoms with Gasteiger partial charge in [-0.05, 0) is 38.3 Å². The van der Waals surface area contributed by atoms with Gasteiger partial charge in [0.25, 0.3) is 5.91 Å². The number of carbonyl (C=O) groups is 3. The lowest BCUT2D eigenvalue weighted by Crippen LogP contribution is -2.49. The topological polar surface area (TPSA) is 93.7 Å². The SMILES string of the molecule is CC(C)c1ccccc1OCC(=O)OCC(=O)NC(=O)NC(C)(C)C. The predicted octanol–water partition coefficient (Wildman–Crippen LogP) is 2.36. The third kappa shape index (κ3) is 8.19. The molecule has 0 saturated heterocycles. The number of hydrogen-bond acceptors (Lipinski definition) is 5. The van der Waals surface area contributed by atoms with Crippen molar-refractivity contribution in [2.75, 3.05) is 13.2 Å². The summed E-state index contributed by atoms with van der Waals surface area (Å²) >= 11 is 0. The van der Waals surface area contributed by atoms with Crippen LogP contribution in [0.3, 0.4) is 0 Å². The number of carbonyl (C=O) groups excluding carboxylic acids is 3. The van der Waals surface area contributed by atoms with E-state index in [2.05, 4.69) is 10.6 Å². The summed E-state index contributed by atoms with van der Waals surface area (Å²) in [6.07, 6.45) is 0. The van der Waals surface area contributed by atoms with Crippen molar-refractivity contribution in [2.24, 2.45) is 0 Å². The van der Waals surface area contributed by atoms with E-state index in [1.165, 1.54) is 0 Å². The van der Waals surface area contributed by atoms with Crippen LogP contribution in [0.25, 0.3) is 0 Å². The van der Waals surface area contributed by atoms with Crippen molar-refractivity contribution in [1.29, 1.82) is 0 Å². The molecule has 0 aliphatic carbocycles. The molecule has 7 nitrogen and oxygen atoms in total. The fourth-order valence-electron chi connectivity index (χ4n) is 1.95. The number of imide groups is 1. The van der Waals surface area contributed by atoms with Crippen molar-refractivity contribution in [1.82, 2.24) is 10.6 Å². The van der Waals surface area contributed by atoms with E-state index in [0.29, 0.717) is 5.75 Å². The highest BCUT2D eigenvalue weighted by Crippen LogP contribution is 2.25. The van der Waals surface area contributed by atoms with Crippen LogP contribution < -0.4 is 15.4 Å². The van der Waals surface area contributed by atoms with Crippen molar-refractivity contribution >= 4 is 17.9 Å². The maximum atomic E-state index is 11.7. The van der Waals surface area contributed by atoms with Gasteiger partial charge in [0.2, 0.25) is 0 Å². The number of esters is 1. The Kier molecular flexibility index (Phi) is 7.42. The zero-order chi connectivity index (χ0) is 19.0. The molecule has 0 aliphatic heterocycles.